The highest BCUT2D eigenvalue weighted by Gasteiger charge is 2.36. The Bertz CT molecular complexity index is 386. The zero-order valence-corrected chi connectivity index (χ0v) is 9.72. The molecular formula is C13H16F3N. The van der Waals surface area contributed by atoms with Gasteiger partial charge in [-0.15, -0.1) is 0 Å². The highest BCUT2D eigenvalue weighted by molar-refractivity contribution is 5.33. The van der Waals surface area contributed by atoms with E-state index in [1.807, 2.05) is 6.92 Å². The minimum atomic E-state index is -4.27. The fourth-order valence-corrected chi connectivity index (χ4v) is 2.49. The third-order valence-corrected chi connectivity index (χ3v) is 3.37. The molecule has 1 aromatic rings. The Morgan fingerprint density at radius 3 is 2.59 bits per heavy atom. The van der Waals surface area contributed by atoms with Gasteiger partial charge in [-0.05, 0) is 36.9 Å². The summed E-state index contributed by atoms with van der Waals surface area (Å²) in [5.74, 6) is 0.243. The molecule has 1 aromatic carbocycles. The lowest BCUT2D eigenvalue weighted by molar-refractivity contribution is -0.138. The summed E-state index contributed by atoms with van der Waals surface area (Å²) in [6, 6.07) is 5.69. The average molecular weight is 243 g/mol. The van der Waals surface area contributed by atoms with E-state index in [4.69, 9.17) is 0 Å². The van der Waals surface area contributed by atoms with E-state index in [-0.39, 0.29) is 12.0 Å². The molecule has 0 radical (unpaired) electrons. The van der Waals surface area contributed by atoms with Gasteiger partial charge in [-0.3, -0.25) is 0 Å². The standard InChI is InChI=1S/C13H16F3N/c1-9-5-4-8-17-12(9)10-6-2-3-7-11(10)13(14,15)16/h2-3,6-7,9,12,17H,4-5,8H2,1H3. The van der Waals surface area contributed by atoms with Crippen molar-refractivity contribution in [3.63, 3.8) is 0 Å². The maximum atomic E-state index is 12.9. The van der Waals surface area contributed by atoms with Crippen LogP contribution in [0.1, 0.15) is 36.9 Å². The van der Waals surface area contributed by atoms with Gasteiger partial charge in [-0.2, -0.15) is 13.2 Å². The highest BCUT2D eigenvalue weighted by atomic mass is 19.4. The van der Waals surface area contributed by atoms with E-state index < -0.39 is 11.7 Å². The molecule has 0 aromatic heterocycles. The average Bonchev–Trinajstić information content (AvgIpc) is 2.28. The van der Waals surface area contributed by atoms with Crippen LogP contribution in [-0.4, -0.2) is 6.54 Å². The molecule has 0 saturated carbocycles. The lowest BCUT2D eigenvalue weighted by atomic mass is 9.85. The molecule has 2 rings (SSSR count). The minimum absolute atomic E-state index is 0.179. The van der Waals surface area contributed by atoms with Crippen LogP contribution >= 0.6 is 0 Å². The van der Waals surface area contributed by atoms with Crippen molar-refractivity contribution in [3.8, 4) is 0 Å². The zero-order chi connectivity index (χ0) is 12.5. The van der Waals surface area contributed by atoms with E-state index in [9.17, 15) is 13.2 Å². The van der Waals surface area contributed by atoms with Gasteiger partial charge in [0, 0.05) is 6.04 Å². The molecule has 0 spiro atoms. The maximum absolute atomic E-state index is 12.9. The van der Waals surface area contributed by atoms with Crippen LogP contribution in [0.2, 0.25) is 0 Å². The Morgan fingerprint density at radius 1 is 1.24 bits per heavy atom. The van der Waals surface area contributed by atoms with Crippen molar-refractivity contribution >= 4 is 0 Å². The molecule has 1 fully saturated rings. The Hall–Kier alpha value is -1.03. The van der Waals surface area contributed by atoms with Crippen molar-refractivity contribution in [3.05, 3.63) is 35.4 Å². The molecule has 1 aliphatic rings. The van der Waals surface area contributed by atoms with Crippen molar-refractivity contribution in [1.29, 1.82) is 0 Å². The third kappa shape index (κ3) is 2.63. The lowest BCUT2D eigenvalue weighted by Gasteiger charge is -2.32. The van der Waals surface area contributed by atoms with Crippen LogP contribution < -0.4 is 5.32 Å². The summed E-state index contributed by atoms with van der Waals surface area (Å²) < 4.78 is 38.7. The van der Waals surface area contributed by atoms with Gasteiger partial charge < -0.3 is 5.32 Å². The minimum Gasteiger partial charge on any atom is -0.310 e. The summed E-state index contributed by atoms with van der Waals surface area (Å²) >= 11 is 0. The van der Waals surface area contributed by atoms with Gasteiger partial charge in [0.1, 0.15) is 0 Å². The van der Waals surface area contributed by atoms with E-state index in [1.54, 1.807) is 12.1 Å². The van der Waals surface area contributed by atoms with Crippen LogP contribution in [0.25, 0.3) is 0 Å². The molecule has 2 atom stereocenters. The number of rotatable bonds is 1. The number of alkyl halides is 3. The van der Waals surface area contributed by atoms with Crippen molar-refractivity contribution in [2.24, 2.45) is 5.92 Å². The van der Waals surface area contributed by atoms with Crippen molar-refractivity contribution in [2.45, 2.75) is 32.0 Å². The molecule has 4 heteroatoms. The molecule has 94 valence electrons. The van der Waals surface area contributed by atoms with Gasteiger partial charge >= 0.3 is 6.18 Å². The number of halogens is 3. The van der Waals surface area contributed by atoms with E-state index in [2.05, 4.69) is 5.32 Å². The molecule has 0 amide bonds. The molecule has 2 unspecified atom stereocenters. The summed E-state index contributed by atoms with van der Waals surface area (Å²) in [5.41, 5.74) is -0.126. The molecular weight excluding hydrogens is 227 g/mol. The van der Waals surface area contributed by atoms with Crippen LogP contribution in [0.4, 0.5) is 13.2 Å². The van der Waals surface area contributed by atoms with Gasteiger partial charge in [0.15, 0.2) is 0 Å². The van der Waals surface area contributed by atoms with E-state index >= 15 is 0 Å². The number of nitrogens with one attached hydrogen (secondary N) is 1. The Morgan fingerprint density at radius 2 is 1.94 bits per heavy atom. The zero-order valence-electron chi connectivity index (χ0n) is 9.72. The molecule has 1 N–H and O–H groups in total. The van der Waals surface area contributed by atoms with E-state index in [0.29, 0.717) is 5.56 Å². The van der Waals surface area contributed by atoms with E-state index in [1.165, 1.54) is 12.1 Å². The van der Waals surface area contributed by atoms with Crippen LogP contribution in [0.3, 0.4) is 0 Å². The van der Waals surface area contributed by atoms with Gasteiger partial charge in [0.05, 0.1) is 5.56 Å². The van der Waals surface area contributed by atoms with Crippen LogP contribution in [0.15, 0.2) is 24.3 Å². The summed E-state index contributed by atoms with van der Waals surface area (Å²) in [5, 5.41) is 3.20. The largest absolute Gasteiger partial charge is 0.416 e. The predicted octanol–water partition coefficient (Wildman–Crippen LogP) is 3.77. The van der Waals surface area contributed by atoms with Crippen LogP contribution in [0, 0.1) is 5.92 Å². The first-order valence-corrected chi connectivity index (χ1v) is 5.89. The van der Waals surface area contributed by atoms with Crippen molar-refractivity contribution in [1.82, 2.24) is 5.32 Å². The predicted molar refractivity (Wildman–Crippen MR) is 60.6 cm³/mol. The summed E-state index contributed by atoms with van der Waals surface area (Å²) in [7, 11) is 0. The number of piperidine rings is 1. The second-order valence-corrected chi connectivity index (χ2v) is 4.64. The highest BCUT2D eigenvalue weighted by Crippen LogP contribution is 2.38. The van der Waals surface area contributed by atoms with Crippen LogP contribution in [0.5, 0.6) is 0 Å². The summed E-state index contributed by atoms with van der Waals surface area (Å²) in [4.78, 5) is 0. The molecule has 0 bridgehead atoms. The second-order valence-electron chi connectivity index (χ2n) is 4.64. The van der Waals surface area contributed by atoms with Gasteiger partial charge in [0.25, 0.3) is 0 Å². The number of hydrogen-bond donors (Lipinski definition) is 1. The summed E-state index contributed by atoms with van der Waals surface area (Å²) in [6.45, 7) is 2.80. The Balaban J connectivity index is 2.37. The molecule has 1 aliphatic heterocycles. The molecule has 1 saturated heterocycles. The fraction of sp³-hybridized carbons (Fsp3) is 0.538. The molecule has 1 heterocycles. The van der Waals surface area contributed by atoms with Gasteiger partial charge in [-0.1, -0.05) is 25.1 Å². The number of hydrogen-bond acceptors (Lipinski definition) is 1. The quantitative estimate of drug-likeness (QED) is 0.791. The smallest absolute Gasteiger partial charge is 0.310 e. The monoisotopic (exact) mass is 243 g/mol. The molecule has 0 aliphatic carbocycles. The van der Waals surface area contributed by atoms with E-state index in [0.717, 1.165) is 19.4 Å². The second kappa shape index (κ2) is 4.69. The molecule has 1 nitrogen and oxygen atoms in total. The fourth-order valence-electron chi connectivity index (χ4n) is 2.49. The summed E-state index contributed by atoms with van der Waals surface area (Å²) in [6.07, 6.45) is -2.26. The van der Waals surface area contributed by atoms with Gasteiger partial charge in [-0.25, -0.2) is 0 Å². The first-order chi connectivity index (χ1) is 8.00. The van der Waals surface area contributed by atoms with Crippen molar-refractivity contribution in [2.75, 3.05) is 6.54 Å². The maximum Gasteiger partial charge on any atom is 0.416 e. The Labute approximate surface area is 99.0 Å². The third-order valence-electron chi connectivity index (χ3n) is 3.37. The topological polar surface area (TPSA) is 12.0 Å². The first-order valence-electron chi connectivity index (χ1n) is 5.89. The van der Waals surface area contributed by atoms with Crippen molar-refractivity contribution < 1.29 is 13.2 Å². The van der Waals surface area contributed by atoms with Crippen LogP contribution in [-0.2, 0) is 6.18 Å². The SMILES string of the molecule is CC1CCCNC1c1ccccc1C(F)(F)F. The normalized spacial score (nSPS) is 25.9. The van der Waals surface area contributed by atoms with Gasteiger partial charge in [0.2, 0.25) is 0 Å². The molecule has 17 heavy (non-hydrogen) atoms. The lowest BCUT2D eigenvalue weighted by Crippen LogP contribution is -2.34. The first kappa shape index (κ1) is 12.4. The number of benzene rings is 1. The Kier molecular flexibility index (Phi) is 3.43.